The van der Waals surface area contributed by atoms with E-state index in [1.165, 1.54) is 0 Å². The predicted molar refractivity (Wildman–Crippen MR) is 86.5 cm³/mol. The SMILES string of the molecule is O=Cc1ccc(C(CCCCCBr)c2ccc(C=O)[nH]2)[nH]1. The minimum Gasteiger partial charge on any atom is -0.356 e. The van der Waals surface area contributed by atoms with Crippen LogP contribution in [0.4, 0.5) is 0 Å². The van der Waals surface area contributed by atoms with E-state index in [1.54, 1.807) is 12.1 Å². The number of hydrogen-bond donors (Lipinski definition) is 2. The molecule has 5 heteroatoms. The molecule has 4 nitrogen and oxygen atoms in total. The van der Waals surface area contributed by atoms with Crippen LogP contribution in [0, 0.1) is 0 Å². The van der Waals surface area contributed by atoms with Gasteiger partial charge >= 0.3 is 0 Å². The standard InChI is InChI=1S/C16H19BrN2O2/c17-9-3-1-2-4-14(15-7-5-12(10-20)18-15)16-8-6-13(11-21)19-16/h5-8,10-11,14,18-19H,1-4,9H2. The van der Waals surface area contributed by atoms with Crippen LogP contribution in [-0.4, -0.2) is 27.9 Å². The summed E-state index contributed by atoms with van der Waals surface area (Å²) in [7, 11) is 0. The number of aromatic nitrogens is 2. The first kappa shape index (κ1) is 15.8. The van der Waals surface area contributed by atoms with Crippen molar-refractivity contribution in [2.75, 3.05) is 5.33 Å². The van der Waals surface area contributed by atoms with Crippen LogP contribution in [-0.2, 0) is 0 Å². The molecule has 112 valence electrons. The quantitative estimate of drug-likeness (QED) is 0.407. The highest BCUT2D eigenvalue weighted by molar-refractivity contribution is 9.09. The van der Waals surface area contributed by atoms with Gasteiger partial charge in [-0.05, 0) is 37.1 Å². The van der Waals surface area contributed by atoms with Gasteiger partial charge in [0.25, 0.3) is 0 Å². The summed E-state index contributed by atoms with van der Waals surface area (Å²) in [6, 6.07) is 7.47. The third-order valence-electron chi connectivity index (χ3n) is 3.59. The first-order valence-corrected chi connectivity index (χ1v) is 8.24. The molecule has 0 fully saturated rings. The number of halogens is 1. The van der Waals surface area contributed by atoms with Gasteiger partial charge in [0.15, 0.2) is 12.6 Å². The highest BCUT2D eigenvalue weighted by Crippen LogP contribution is 2.29. The zero-order valence-corrected chi connectivity index (χ0v) is 13.4. The minimum absolute atomic E-state index is 0.155. The van der Waals surface area contributed by atoms with E-state index in [9.17, 15) is 9.59 Å². The van der Waals surface area contributed by atoms with Gasteiger partial charge < -0.3 is 9.97 Å². The lowest BCUT2D eigenvalue weighted by molar-refractivity contribution is 0.111. The monoisotopic (exact) mass is 350 g/mol. The second-order valence-corrected chi connectivity index (χ2v) is 5.86. The van der Waals surface area contributed by atoms with Crippen LogP contribution in [0.3, 0.4) is 0 Å². The molecule has 2 aromatic rings. The van der Waals surface area contributed by atoms with E-state index in [4.69, 9.17) is 0 Å². The molecule has 0 spiro atoms. The van der Waals surface area contributed by atoms with Gasteiger partial charge in [0.05, 0.1) is 11.4 Å². The minimum atomic E-state index is 0.155. The van der Waals surface area contributed by atoms with Crippen LogP contribution >= 0.6 is 15.9 Å². The van der Waals surface area contributed by atoms with Gasteiger partial charge in [0, 0.05) is 22.6 Å². The van der Waals surface area contributed by atoms with Gasteiger partial charge in [-0.3, -0.25) is 9.59 Å². The average Bonchev–Trinajstić information content (AvgIpc) is 3.16. The summed E-state index contributed by atoms with van der Waals surface area (Å²) in [5, 5.41) is 1.02. The molecule has 0 unspecified atom stereocenters. The third kappa shape index (κ3) is 4.17. The van der Waals surface area contributed by atoms with Gasteiger partial charge in [0.2, 0.25) is 0 Å². The molecule has 2 N–H and O–H groups in total. The van der Waals surface area contributed by atoms with Crippen molar-refractivity contribution in [3.05, 3.63) is 47.0 Å². The van der Waals surface area contributed by atoms with E-state index in [2.05, 4.69) is 25.9 Å². The molecule has 2 aromatic heterocycles. The zero-order valence-electron chi connectivity index (χ0n) is 11.8. The smallest absolute Gasteiger partial charge is 0.166 e. The fourth-order valence-corrected chi connectivity index (χ4v) is 2.90. The van der Waals surface area contributed by atoms with E-state index in [0.29, 0.717) is 11.4 Å². The van der Waals surface area contributed by atoms with Crippen LogP contribution in [0.25, 0.3) is 0 Å². The van der Waals surface area contributed by atoms with Crippen molar-refractivity contribution in [3.63, 3.8) is 0 Å². The normalized spacial score (nSPS) is 11.0. The van der Waals surface area contributed by atoms with E-state index >= 15 is 0 Å². The van der Waals surface area contributed by atoms with Crippen LogP contribution in [0.5, 0.6) is 0 Å². The van der Waals surface area contributed by atoms with E-state index in [-0.39, 0.29) is 5.92 Å². The topological polar surface area (TPSA) is 65.7 Å². The highest BCUT2D eigenvalue weighted by Gasteiger charge is 2.17. The summed E-state index contributed by atoms with van der Waals surface area (Å²) < 4.78 is 0. The number of hydrogen-bond acceptors (Lipinski definition) is 2. The fourth-order valence-electron chi connectivity index (χ4n) is 2.50. The molecule has 0 atom stereocenters. The van der Waals surface area contributed by atoms with Crippen LogP contribution < -0.4 is 0 Å². The molecule has 2 heterocycles. The molecule has 0 radical (unpaired) electrons. The Hall–Kier alpha value is -1.62. The summed E-state index contributed by atoms with van der Waals surface area (Å²) >= 11 is 3.44. The van der Waals surface area contributed by atoms with Gasteiger partial charge in [-0.2, -0.15) is 0 Å². The maximum atomic E-state index is 10.8. The molecule has 0 aliphatic rings. The van der Waals surface area contributed by atoms with Gasteiger partial charge in [-0.1, -0.05) is 28.8 Å². The van der Waals surface area contributed by atoms with Crippen molar-refractivity contribution in [2.24, 2.45) is 0 Å². The third-order valence-corrected chi connectivity index (χ3v) is 4.15. The Bertz CT molecular complexity index is 542. The fraction of sp³-hybridized carbons (Fsp3) is 0.375. The highest BCUT2D eigenvalue weighted by atomic mass is 79.9. The summed E-state index contributed by atoms with van der Waals surface area (Å²) in [6.07, 6.45) is 6.02. The lowest BCUT2D eigenvalue weighted by Gasteiger charge is -2.14. The number of H-pyrrole nitrogens is 2. The number of aldehydes is 2. The van der Waals surface area contributed by atoms with Crippen molar-refractivity contribution in [1.82, 2.24) is 9.97 Å². The zero-order chi connectivity index (χ0) is 15.1. The molecular formula is C16H19BrN2O2. The lowest BCUT2D eigenvalue weighted by Crippen LogP contribution is -2.03. The summed E-state index contributed by atoms with van der Waals surface area (Å²) in [5.74, 6) is 0.155. The number of alkyl halides is 1. The van der Waals surface area contributed by atoms with Gasteiger partial charge in [-0.25, -0.2) is 0 Å². The Labute approximate surface area is 132 Å². The van der Waals surface area contributed by atoms with Crippen molar-refractivity contribution >= 4 is 28.5 Å². The number of carbonyl (C=O) groups is 2. The van der Waals surface area contributed by atoms with Gasteiger partial charge in [0.1, 0.15) is 0 Å². The van der Waals surface area contributed by atoms with Crippen LogP contribution in [0.1, 0.15) is 64.0 Å². The average molecular weight is 351 g/mol. The number of rotatable bonds is 9. The molecule has 21 heavy (non-hydrogen) atoms. The molecule has 0 aliphatic carbocycles. The van der Waals surface area contributed by atoms with E-state index in [1.807, 2.05) is 12.1 Å². The number of aromatic amines is 2. The molecule has 0 bridgehead atoms. The Morgan fingerprint density at radius 1 is 0.905 bits per heavy atom. The Morgan fingerprint density at radius 2 is 1.48 bits per heavy atom. The second kappa shape index (κ2) is 7.98. The number of unbranched alkanes of at least 4 members (excludes halogenated alkanes) is 2. The lowest BCUT2D eigenvalue weighted by atomic mass is 9.95. The first-order chi connectivity index (χ1) is 10.3. The van der Waals surface area contributed by atoms with Crippen molar-refractivity contribution < 1.29 is 9.59 Å². The maximum absolute atomic E-state index is 10.8. The largest absolute Gasteiger partial charge is 0.356 e. The van der Waals surface area contributed by atoms with Crippen molar-refractivity contribution in [1.29, 1.82) is 0 Å². The maximum Gasteiger partial charge on any atom is 0.166 e. The first-order valence-electron chi connectivity index (χ1n) is 7.12. The Balaban J connectivity index is 2.16. The summed E-state index contributed by atoms with van der Waals surface area (Å²) in [6.45, 7) is 0. The molecule has 0 aliphatic heterocycles. The molecule has 0 saturated heterocycles. The molecule has 0 aromatic carbocycles. The Kier molecular flexibility index (Phi) is 5.99. The Morgan fingerprint density at radius 3 is 1.90 bits per heavy atom. The van der Waals surface area contributed by atoms with E-state index < -0.39 is 0 Å². The van der Waals surface area contributed by atoms with Crippen LogP contribution in [0.2, 0.25) is 0 Å². The molecule has 0 amide bonds. The van der Waals surface area contributed by atoms with Crippen molar-refractivity contribution in [3.8, 4) is 0 Å². The summed E-state index contributed by atoms with van der Waals surface area (Å²) in [5.41, 5.74) is 3.18. The molecule has 0 saturated carbocycles. The second-order valence-electron chi connectivity index (χ2n) is 5.06. The molecule has 2 rings (SSSR count). The van der Waals surface area contributed by atoms with Crippen LogP contribution in [0.15, 0.2) is 24.3 Å². The number of carbonyl (C=O) groups excluding carboxylic acids is 2. The molecular weight excluding hydrogens is 332 g/mol. The van der Waals surface area contributed by atoms with Crippen molar-refractivity contribution in [2.45, 2.75) is 31.6 Å². The van der Waals surface area contributed by atoms with Gasteiger partial charge in [-0.15, -0.1) is 0 Å². The number of nitrogens with one attached hydrogen (secondary N) is 2. The van der Waals surface area contributed by atoms with E-state index in [0.717, 1.165) is 55.0 Å². The summed E-state index contributed by atoms with van der Waals surface area (Å²) in [4.78, 5) is 28.0. The predicted octanol–water partition coefficient (Wildman–Crippen LogP) is 4.06.